The Bertz CT molecular complexity index is 1190. The first-order valence-corrected chi connectivity index (χ1v) is 12.7. The molecule has 1 heterocycles. The van der Waals surface area contributed by atoms with E-state index in [2.05, 4.69) is 38.3 Å². The highest BCUT2D eigenvalue weighted by Gasteiger charge is 2.31. The molecule has 0 aliphatic carbocycles. The normalized spacial score (nSPS) is 15.8. The summed E-state index contributed by atoms with van der Waals surface area (Å²) in [6.45, 7) is 7.76. The lowest BCUT2D eigenvalue weighted by molar-refractivity contribution is -0.137. The number of nitrogens with two attached hydrogens (primary N) is 1. The molecule has 1 aliphatic rings. The van der Waals surface area contributed by atoms with E-state index < -0.39 is 23.6 Å². The lowest BCUT2D eigenvalue weighted by Gasteiger charge is -2.19. The van der Waals surface area contributed by atoms with Crippen LogP contribution in [0, 0.1) is 6.92 Å². The number of anilines is 2. The molecule has 2 amide bonds. The number of nitrogens with zero attached hydrogens (tertiary/aromatic N) is 1. The van der Waals surface area contributed by atoms with Crippen LogP contribution in [-0.2, 0) is 17.5 Å². The van der Waals surface area contributed by atoms with Crippen LogP contribution >= 0.6 is 12.2 Å². The molecule has 1 atom stereocenters. The van der Waals surface area contributed by atoms with Crippen LogP contribution in [0.3, 0.4) is 0 Å². The average molecular weight is 551 g/mol. The van der Waals surface area contributed by atoms with Gasteiger partial charge in [-0.25, -0.2) is 0 Å². The lowest BCUT2D eigenvalue weighted by Crippen LogP contribution is -2.43. The molecule has 0 aromatic heterocycles. The zero-order valence-electron chi connectivity index (χ0n) is 21.5. The monoisotopic (exact) mass is 550 g/mol. The molecule has 0 bridgehead atoms. The average Bonchev–Trinajstić information content (AvgIpc) is 3.25. The van der Waals surface area contributed by atoms with Gasteiger partial charge in [-0.3, -0.25) is 14.5 Å². The Kier molecular flexibility index (Phi) is 9.55. The molecule has 0 spiro atoms. The number of nitrogen functional groups attached to an aromatic ring is 1. The van der Waals surface area contributed by atoms with Crippen LogP contribution in [-0.4, -0.2) is 53.5 Å². The van der Waals surface area contributed by atoms with Gasteiger partial charge in [0, 0.05) is 43.1 Å². The topological polar surface area (TPSA) is 112 Å². The molecule has 1 saturated heterocycles. The van der Waals surface area contributed by atoms with Crippen LogP contribution in [0.4, 0.5) is 24.5 Å². The number of amides is 2. The number of carbonyl (C=O) groups excluding carboxylic acids is 2. The molecule has 6 N–H and O–H groups in total. The highest BCUT2D eigenvalue weighted by atomic mass is 32.1. The van der Waals surface area contributed by atoms with Crippen LogP contribution in [0.5, 0.6) is 0 Å². The Morgan fingerprint density at radius 1 is 1.18 bits per heavy atom. The van der Waals surface area contributed by atoms with E-state index in [1.165, 1.54) is 0 Å². The van der Waals surface area contributed by atoms with Gasteiger partial charge in [0.05, 0.1) is 17.7 Å². The first-order chi connectivity index (χ1) is 17.8. The molecule has 0 radical (unpaired) electrons. The molecule has 8 nitrogen and oxygen atoms in total. The summed E-state index contributed by atoms with van der Waals surface area (Å²) in [4.78, 5) is 27.0. The van der Waals surface area contributed by atoms with Gasteiger partial charge < -0.3 is 27.0 Å². The molecule has 38 heavy (non-hydrogen) atoms. The van der Waals surface area contributed by atoms with Gasteiger partial charge >= 0.3 is 6.18 Å². The van der Waals surface area contributed by atoms with Crippen molar-refractivity contribution in [2.24, 2.45) is 0 Å². The third-order valence-corrected chi connectivity index (χ3v) is 6.27. The molecule has 3 rings (SSSR count). The summed E-state index contributed by atoms with van der Waals surface area (Å²) in [5, 5.41) is 12.2. The Labute approximate surface area is 225 Å². The van der Waals surface area contributed by atoms with E-state index in [0.717, 1.165) is 41.9 Å². The molecular formula is C26H33F3N6O2S. The number of carbonyl (C=O) groups is 2. The van der Waals surface area contributed by atoms with Crippen molar-refractivity contribution in [3.05, 3.63) is 58.7 Å². The minimum atomic E-state index is -4.61. The summed E-state index contributed by atoms with van der Waals surface area (Å²) in [5.41, 5.74) is 7.35. The summed E-state index contributed by atoms with van der Waals surface area (Å²) in [7, 11) is 0. The summed E-state index contributed by atoms with van der Waals surface area (Å²) < 4.78 is 38.9. The molecule has 0 saturated carbocycles. The van der Waals surface area contributed by atoms with Crippen LogP contribution in [0.1, 0.15) is 47.3 Å². The van der Waals surface area contributed by atoms with E-state index in [-0.39, 0.29) is 29.9 Å². The molecule has 12 heteroatoms. The Morgan fingerprint density at radius 2 is 1.92 bits per heavy atom. The smallest absolute Gasteiger partial charge is 0.398 e. The Morgan fingerprint density at radius 3 is 2.61 bits per heavy atom. The summed E-state index contributed by atoms with van der Waals surface area (Å²) >= 11 is 5.36. The van der Waals surface area contributed by atoms with E-state index in [4.69, 9.17) is 18.0 Å². The van der Waals surface area contributed by atoms with Crippen LogP contribution in [0.2, 0.25) is 0 Å². The predicted octanol–water partition coefficient (Wildman–Crippen LogP) is 3.41. The van der Waals surface area contributed by atoms with Crippen molar-refractivity contribution >= 4 is 40.5 Å². The fourth-order valence-corrected chi connectivity index (χ4v) is 4.48. The van der Waals surface area contributed by atoms with E-state index in [9.17, 15) is 22.8 Å². The fraction of sp³-hybridized carbons (Fsp3) is 0.423. The third-order valence-electron chi connectivity index (χ3n) is 6.05. The van der Waals surface area contributed by atoms with Gasteiger partial charge in [0.15, 0.2) is 5.11 Å². The number of hydrogen-bond donors (Lipinski definition) is 5. The first kappa shape index (κ1) is 29.2. The van der Waals surface area contributed by atoms with Gasteiger partial charge in [0.25, 0.3) is 5.91 Å². The van der Waals surface area contributed by atoms with E-state index in [0.29, 0.717) is 24.3 Å². The minimum absolute atomic E-state index is 0.102. The maximum Gasteiger partial charge on any atom is 0.416 e. The van der Waals surface area contributed by atoms with Crippen molar-refractivity contribution in [3.63, 3.8) is 0 Å². The third kappa shape index (κ3) is 8.32. The molecular weight excluding hydrogens is 517 g/mol. The molecule has 1 fully saturated rings. The van der Waals surface area contributed by atoms with Gasteiger partial charge in [-0.1, -0.05) is 12.1 Å². The number of nitrogens with one attached hydrogen (secondary N) is 4. The Balaban J connectivity index is 1.49. The number of alkyl halides is 3. The zero-order chi connectivity index (χ0) is 28.0. The second kappa shape index (κ2) is 12.4. The highest BCUT2D eigenvalue weighted by Crippen LogP contribution is 2.31. The largest absolute Gasteiger partial charge is 0.416 e. The SMILES string of the molecule is Cc1ccc(CN2CC[C@@H](NC(=O)CNC(=O)c3cc(C(F)(F)F)ccc3N)C2)cc1NC(=S)NC(C)C. The number of aryl methyl sites for hydroxylation is 1. The summed E-state index contributed by atoms with van der Waals surface area (Å²) in [6, 6.07) is 8.77. The number of halogens is 3. The number of rotatable bonds is 8. The van der Waals surface area contributed by atoms with Gasteiger partial charge in [-0.15, -0.1) is 0 Å². The van der Waals surface area contributed by atoms with Gasteiger partial charge in [-0.05, 0) is 74.8 Å². The van der Waals surface area contributed by atoms with Gasteiger partial charge in [-0.2, -0.15) is 13.2 Å². The molecule has 2 aromatic carbocycles. The van der Waals surface area contributed by atoms with Crippen molar-refractivity contribution < 1.29 is 22.8 Å². The summed E-state index contributed by atoms with van der Waals surface area (Å²) in [5.74, 6) is -1.27. The number of likely N-dealkylation sites (tertiary alicyclic amines) is 1. The Hall–Kier alpha value is -3.38. The van der Waals surface area contributed by atoms with Gasteiger partial charge in [0.1, 0.15) is 0 Å². The number of thiocarbonyl (C=S) groups is 1. The number of hydrogen-bond acceptors (Lipinski definition) is 5. The van der Waals surface area contributed by atoms with E-state index in [1.807, 2.05) is 26.8 Å². The van der Waals surface area contributed by atoms with Crippen molar-refractivity contribution in [1.82, 2.24) is 20.9 Å². The van der Waals surface area contributed by atoms with E-state index in [1.54, 1.807) is 0 Å². The number of benzene rings is 2. The lowest BCUT2D eigenvalue weighted by atomic mass is 10.1. The molecule has 206 valence electrons. The van der Waals surface area contributed by atoms with Crippen molar-refractivity contribution in [2.45, 2.75) is 52.0 Å². The maximum absolute atomic E-state index is 13.0. The second-order valence-corrected chi connectivity index (χ2v) is 10.1. The fourth-order valence-electron chi connectivity index (χ4n) is 4.14. The van der Waals surface area contributed by atoms with Crippen molar-refractivity contribution in [1.29, 1.82) is 0 Å². The molecule has 0 unspecified atom stereocenters. The molecule has 1 aliphatic heterocycles. The van der Waals surface area contributed by atoms with Gasteiger partial charge in [0.2, 0.25) is 5.91 Å². The predicted molar refractivity (Wildman–Crippen MR) is 146 cm³/mol. The second-order valence-electron chi connectivity index (χ2n) is 9.67. The van der Waals surface area contributed by atoms with Crippen molar-refractivity contribution in [3.8, 4) is 0 Å². The zero-order valence-corrected chi connectivity index (χ0v) is 22.4. The van der Waals surface area contributed by atoms with Crippen molar-refractivity contribution in [2.75, 3.05) is 30.7 Å². The highest BCUT2D eigenvalue weighted by molar-refractivity contribution is 7.80. The van der Waals surface area contributed by atoms with Crippen LogP contribution in [0.25, 0.3) is 0 Å². The van der Waals surface area contributed by atoms with Crippen LogP contribution < -0.4 is 27.0 Å². The molecule has 2 aromatic rings. The summed E-state index contributed by atoms with van der Waals surface area (Å²) in [6.07, 6.45) is -3.87. The maximum atomic E-state index is 13.0. The minimum Gasteiger partial charge on any atom is -0.398 e. The van der Waals surface area contributed by atoms with E-state index >= 15 is 0 Å². The first-order valence-electron chi connectivity index (χ1n) is 12.3. The van der Waals surface area contributed by atoms with Crippen LogP contribution in [0.15, 0.2) is 36.4 Å². The standard InChI is InChI=1S/C26H33F3N6O2S/c1-15(2)32-25(38)34-22-10-17(5-4-16(22)3)13-35-9-8-19(14-35)33-23(36)12-31-24(37)20-11-18(26(27,28)29)6-7-21(20)30/h4-7,10-11,15,19H,8-9,12-14,30H2,1-3H3,(H,31,37)(H,33,36)(H2,32,34,38)/t19-/m1/s1. The quantitative estimate of drug-likeness (QED) is 0.253.